The van der Waals surface area contributed by atoms with E-state index in [0.717, 1.165) is 11.1 Å². The largest absolute Gasteiger partial charge is 0.467 e. The minimum atomic E-state index is -1.06. The number of amides is 1. The van der Waals surface area contributed by atoms with Crippen LogP contribution in [-0.4, -0.2) is 36.7 Å². The topological polar surface area (TPSA) is 75.6 Å². The number of rotatable bonds is 5. The zero-order valence-corrected chi connectivity index (χ0v) is 12.2. The fraction of sp³-hybridized carbons (Fsp3) is 0.176. The van der Waals surface area contributed by atoms with Gasteiger partial charge in [-0.05, 0) is 23.3 Å². The second-order valence-corrected chi connectivity index (χ2v) is 4.68. The molecule has 5 heteroatoms. The molecule has 0 unspecified atom stereocenters. The van der Waals surface area contributed by atoms with Gasteiger partial charge in [0, 0.05) is 5.56 Å². The Bertz CT molecular complexity index is 637. The number of carbonyl (C=O) groups is 2. The third-order valence-corrected chi connectivity index (χ3v) is 3.23. The number of methoxy groups -OCH3 is 1. The van der Waals surface area contributed by atoms with Gasteiger partial charge in [0.25, 0.3) is 5.91 Å². The number of carbonyl (C=O) groups excluding carboxylic acids is 2. The lowest BCUT2D eigenvalue weighted by Gasteiger charge is -2.14. The van der Waals surface area contributed by atoms with Crippen LogP contribution in [-0.2, 0) is 9.53 Å². The number of hydrogen-bond donors (Lipinski definition) is 2. The van der Waals surface area contributed by atoms with Crippen molar-refractivity contribution in [2.24, 2.45) is 0 Å². The molecule has 2 aromatic carbocycles. The molecule has 0 radical (unpaired) electrons. The average molecular weight is 299 g/mol. The zero-order chi connectivity index (χ0) is 15.9. The van der Waals surface area contributed by atoms with Crippen LogP contribution in [0.2, 0.25) is 0 Å². The van der Waals surface area contributed by atoms with Crippen molar-refractivity contribution in [3.05, 3.63) is 60.2 Å². The van der Waals surface area contributed by atoms with Crippen LogP contribution in [0.1, 0.15) is 10.4 Å². The maximum atomic E-state index is 12.1. The highest BCUT2D eigenvalue weighted by Gasteiger charge is 2.21. The van der Waals surface area contributed by atoms with Crippen molar-refractivity contribution in [1.29, 1.82) is 0 Å². The predicted molar refractivity (Wildman–Crippen MR) is 82.2 cm³/mol. The van der Waals surface area contributed by atoms with E-state index in [-0.39, 0.29) is 0 Å². The first-order valence-corrected chi connectivity index (χ1v) is 6.80. The molecule has 1 amide bonds. The van der Waals surface area contributed by atoms with Crippen LogP contribution in [0.5, 0.6) is 0 Å². The second-order valence-electron chi connectivity index (χ2n) is 4.68. The van der Waals surface area contributed by atoms with Crippen LogP contribution in [0.3, 0.4) is 0 Å². The first-order valence-electron chi connectivity index (χ1n) is 6.80. The minimum Gasteiger partial charge on any atom is -0.467 e. The number of benzene rings is 2. The monoisotopic (exact) mass is 299 g/mol. The smallest absolute Gasteiger partial charge is 0.330 e. The van der Waals surface area contributed by atoms with Gasteiger partial charge in [0.05, 0.1) is 13.7 Å². The molecule has 2 aromatic rings. The fourth-order valence-corrected chi connectivity index (χ4v) is 2.01. The summed E-state index contributed by atoms with van der Waals surface area (Å²) in [5.41, 5.74) is 2.45. The van der Waals surface area contributed by atoms with Crippen molar-refractivity contribution in [2.45, 2.75) is 6.04 Å². The average Bonchev–Trinajstić information content (AvgIpc) is 2.59. The lowest BCUT2D eigenvalue weighted by Crippen LogP contribution is -2.44. The molecule has 0 saturated carbocycles. The maximum Gasteiger partial charge on any atom is 0.330 e. The van der Waals surface area contributed by atoms with Crippen molar-refractivity contribution in [3.63, 3.8) is 0 Å². The summed E-state index contributed by atoms with van der Waals surface area (Å²) in [4.78, 5) is 23.4. The molecule has 0 bridgehead atoms. The summed E-state index contributed by atoms with van der Waals surface area (Å²) in [6.07, 6.45) is 0. The van der Waals surface area contributed by atoms with E-state index in [0.29, 0.717) is 5.56 Å². The van der Waals surface area contributed by atoms with E-state index in [1.54, 1.807) is 12.1 Å². The Morgan fingerprint density at radius 3 is 2.18 bits per heavy atom. The van der Waals surface area contributed by atoms with Crippen LogP contribution < -0.4 is 5.32 Å². The molecule has 22 heavy (non-hydrogen) atoms. The van der Waals surface area contributed by atoms with Crippen LogP contribution in [0.25, 0.3) is 11.1 Å². The molecule has 0 spiro atoms. The van der Waals surface area contributed by atoms with Crippen molar-refractivity contribution < 1.29 is 19.4 Å². The molecule has 0 aromatic heterocycles. The number of esters is 1. The summed E-state index contributed by atoms with van der Waals surface area (Å²) in [6.45, 7) is -0.513. The molecule has 5 nitrogen and oxygen atoms in total. The Hall–Kier alpha value is -2.66. The quantitative estimate of drug-likeness (QED) is 0.823. The normalized spacial score (nSPS) is 11.5. The van der Waals surface area contributed by atoms with E-state index in [9.17, 15) is 9.59 Å². The lowest BCUT2D eigenvalue weighted by molar-refractivity contribution is -0.143. The second kappa shape index (κ2) is 7.38. The lowest BCUT2D eigenvalue weighted by atomic mass is 10.0. The fourth-order valence-electron chi connectivity index (χ4n) is 2.01. The SMILES string of the molecule is COC(=O)[C@H](CO)NC(=O)c1ccc(-c2ccccc2)cc1. The summed E-state index contributed by atoms with van der Waals surface area (Å²) in [5, 5.41) is 11.5. The Labute approximate surface area is 128 Å². The van der Waals surface area contributed by atoms with Crippen molar-refractivity contribution in [1.82, 2.24) is 5.32 Å². The third-order valence-electron chi connectivity index (χ3n) is 3.23. The molecule has 0 aliphatic carbocycles. The molecule has 114 valence electrons. The van der Waals surface area contributed by atoms with Gasteiger partial charge in [-0.15, -0.1) is 0 Å². The molecular formula is C17H17NO4. The molecule has 2 rings (SSSR count). The van der Waals surface area contributed by atoms with E-state index in [4.69, 9.17) is 5.11 Å². The summed E-state index contributed by atoms with van der Waals surface area (Å²) < 4.78 is 4.50. The molecule has 0 heterocycles. The van der Waals surface area contributed by atoms with Gasteiger partial charge >= 0.3 is 5.97 Å². The maximum absolute atomic E-state index is 12.1. The zero-order valence-electron chi connectivity index (χ0n) is 12.2. The predicted octanol–water partition coefficient (Wildman–Crippen LogP) is 1.62. The highest BCUT2D eigenvalue weighted by atomic mass is 16.5. The molecule has 0 aliphatic rings. The van der Waals surface area contributed by atoms with Crippen LogP contribution in [0, 0.1) is 0 Å². The molecular weight excluding hydrogens is 282 g/mol. The van der Waals surface area contributed by atoms with Gasteiger partial charge in [-0.25, -0.2) is 4.79 Å². The van der Waals surface area contributed by atoms with Crippen molar-refractivity contribution in [3.8, 4) is 11.1 Å². The first-order chi connectivity index (χ1) is 10.7. The standard InChI is InChI=1S/C17H17NO4/c1-22-17(21)15(11-19)18-16(20)14-9-7-13(8-10-14)12-5-3-2-4-6-12/h2-10,15,19H,11H2,1H3,(H,18,20)/t15-/m0/s1. The number of nitrogens with one attached hydrogen (secondary N) is 1. The van der Waals surface area contributed by atoms with E-state index in [1.807, 2.05) is 42.5 Å². The number of ether oxygens (including phenoxy) is 1. The van der Waals surface area contributed by atoms with Crippen molar-refractivity contribution >= 4 is 11.9 Å². The van der Waals surface area contributed by atoms with Crippen LogP contribution in [0.4, 0.5) is 0 Å². The van der Waals surface area contributed by atoms with E-state index in [2.05, 4.69) is 10.1 Å². The van der Waals surface area contributed by atoms with E-state index >= 15 is 0 Å². The van der Waals surface area contributed by atoms with Crippen molar-refractivity contribution in [2.75, 3.05) is 13.7 Å². The number of aliphatic hydroxyl groups excluding tert-OH is 1. The summed E-state index contributed by atoms with van der Waals surface area (Å²) in [5.74, 6) is -1.12. The highest BCUT2D eigenvalue weighted by Crippen LogP contribution is 2.19. The Morgan fingerprint density at radius 1 is 1.05 bits per heavy atom. The van der Waals surface area contributed by atoms with Crippen LogP contribution in [0.15, 0.2) is 54.6 Å². The Morgan fingerprint density at radius 2 is 1.64 bits per heavy atom. The molecule has 0 saturated heterocycles. The van der Waals surface area contributed by atoms with Gasteiger partial charge in [0.15, 0.2) is 6.04 Å². The Kier molecular flexibility index (Phi) is 5.27. The van der Waals surface area contributed by atoms with E-state index in [1.165, 1.54) is 7.11 Å². The molecule has 2 N–H and O–H groups in total. The van der Waals surface area contributed by atoms with Gasteiger partial charge in [0.1, 0.15) is 0 Å². The molecule has 1 atom stereocenters. The van der Waals surface area contributed by atoms with Gasteiger partial charge in [-0.2, -0.15) is 0 Å². The van der Waals surface area contributed by atoms with Gasteiger partial charge in [0.2, 0.25) is 0 Å². The summed E-state index contributed by atoms with van der Waals surface area (Å²) in [7, 11) is 1.20. The first kappa shape index (κ1) is 15.7. The molecule has 0 aliphatic heterocycles. The van der Waals surface area contributed by atoms with Gasteiger partial charge in [-0.3, -0.25) is 4.79 Å². The molecule has 0 fully saturated rings. The van der Waals surface area contributed by atoms with E-state index < -0.39 is 24.5 Å². The summed E-state index contributed by atoms with van der Waals surface area (Å²) in [6, 6.07) is 15.7. The van der Waals surface area contributed by atoms with Gasteiger partial charge < -0.3 is 15.2 Å². The number of hydrogen-bond acceptors (Lipinski definition) is 4. The summed E-state index contributed by atoms with van der Waals surface area (Å²) >= 11 is 0. The highest BCUT2D eigenvalue weighted by molar-refractivity contribution is 5.97. The minimum absolute atomic E-state index is 0.405. The van der Waals surface area contributed by atoms with Gasteiger partial charge in [-0.1, -0.05) is 42.5 Å². The van der Waals surface area contributed by atoms with Crippen LogP contribution >= 0.6 is 0 Å². The third kappa shape index (κ3) is 3.71. The number of aliphatic hydroxyl groups is 1. The Balaban J connectivity index is 2.10.